The Bertz CT molecular complexity index is 1040. The van der Waals surface area contributed by atoms with E-state index in [1.165, 1.54) is 12.1 Å². The molecule has 0 radical (unpaired) electrons. The van der Waals surface area contributed by atoms with E-state index in [0.717, 1.165) is 11.3 Å². The van der Waals surface area contributed by atoms with E-state index in [4.69, 9.17) is 14.2 Å². The number of ketones is 1. The Morgan fingerprint density at radius 3 is 2.39 bits per heavy atom. The molecule has 0 amide bonds. The Labute approximate surface area is 161 Å². The molecule has 5 heteroatoms. The first-order valence-corrected chi connectivity index (χ1v) is 8.72. The summed E-state index contributed by atoms with van der Waals surface area (Å²) >= 11 is 0. The van der Waals surface area contributed by atoms with Gasteiger partial charge in [0.05, 0.1) is 12.7 Å². The largest absolute Gasteiger partial charge is 0.497 e. The number of hydrogen-bond donors (Lipinski definition) is 0. The Morgan fingerprint density at radius 1 is 0.964 bits per heavy atom. The van der Waals surface area contributed by atoms with E-state index in [2.05, 4.69) is 0 Å². The maximum atomic E-state index is 13.0. The van der Waals surface area contributed by atoms with Crippen LogP contribution in [-0.4, -0.2) is 12.9 Å². The van der Waals surface area contributed by atoms with Gasteiger partial charge in [-0.15, -0.1) is 0 Å². The second-order valence-electron chi connectivity index (χ2n) is 6.29. The number of fused-ring (bicyclic) bond motifs is 1. The van der Waals surface area contributed by atoms with E-state index in [1.54, 1.807) is 43.5 Å². The highest BCUT2D eigenvalue weighted by atomic mass is 19.1. The molecule has 140 valence electrons. The molecule has 0 atom stereocenters. The van der Waals surface area contributed by atoms with Crippen LogP contribution in [0, 0.1) is 5.82 Å². The van der Waals surface area contributed by atoms with Crippen LogP contribution in [0.4, 0.5) is 4.39 Å². The van der Waals surface area contributed by atoms with Crippen molar-refractivity contribution in [2.75, 3.05) is 7.11 Å². The Hall–Kier alpha value is -3.60. The molecule has 0 aliphatic carbocycles. The molecule has 0 saturated carbocycles. The fourth-order valence-corrected chi connectivity index (χ4v) is 2.86. The van der Waals surface area contributed by atoms with E-state index >= 15 is 0 Å². The summed E-state index contributed by atoms with van der Waals surface area (Å²) in [5.41, 5.74) is 2.16. The summed E-state index contributed by atoms with van der Waals surface area (Å²) in [5, 5.41) is 0. The highest BCUT2D eigenvalue weighted by molar-refractivity contribution is 6.14. The number of halogens is 1. The van der Waals surface area contributed by atoms with Gasteiger partial charge in [0, 0.05) is 6.07 Å². The maximum absolute atomic E-state index is 13.0. The van der Waals surface area contributed by atoms with Crippen LogP contribution in [0.1, 0.15) is 21.5 Å². The average molecular weight is 376 g/mol. The van der Waals surface area contributed by atoms with Crippen LogP contribution in [-0.2, 0) is 6.61 Å². The summed E-state index contributed by atoms with van der Waals surface area (Å²) in [6, 6.07) is 18.6. The Morgan fingerprint density at radius 2 is 1.68 bits per heavy atom. The average Bonchev–Trinajstić information content (AvgIpc) is 3.03. The van der Waals surface area contributed by atoms with Gasteiger partial charge >= 0.3 is 0 Å². The van der Waals surface area contributed by atoms with E-state index in [1.807, 2.05) is 24.3 Å². The van der Waals surface area contributed by atoms with Crippen LogP contribution in [0.3, 0.4) is 0 Å². The quantitative estimate of drug-likeness (QED) is 0.586. The summed E-state index contributed by atoms with van der Waals surface area (Å²) < 4.78 is 29.7. The minimum absolute atomic E-state index is 0.203. The number of carbonyl (C=O) groups is 1. The predicted molar refractivity (Wildman–Crippen MR) is 103 cm³/mol. The molecule has 3 aromatic rings. The molecule has 0 fully saturated rings. The molecular formula is C23H17FO4. The number of ether oxygens (including phenoxy) is 3. The van der Waals surface area contributed by atoms with Crippen LogP contribution in [0.15, 0.2) is 72.5 Å². The van der Waals surface area contributed by atoms with Crippen molar-refractivity contribution in [3.05, 3.63) is 95.0 Å². The first kappa shape index (κ1) is 17.8. The van der Waals surface area contributed by atoms with Crippen molar-refractivity contribution in [3.63, 3.8) is 0 Å². The van der Waals surface area contributed by atoms with Crippen molar-refractivity contribution in [1.29, 1.82) is 0 Å². The molecule has 0 aromatic heterocycles. The zero-order valence-corrected chi connectivity index (χ0v) is 15.1. The lowest BCUT2D eigenvalue weighted by Gasteiger charge is -2.08. The number of hydrogen-bond acceptors (Lipinski definition) is 4. The number of benzene rings is 3. The van der Waals surface area contributed by atoms with Crippen molar-refractivity contribution in [2.24, 2.45) is 0 Å². The lowest BCUT2D eigenvalue weighted by Crippen LogP contribution is -1.98. The first-order valence-electron chi connectivity index (χ1n) is 8.72. The molecule has 0 unspecified atom stereocenters. The summed E-state index contributed by atoms with van der Waals surface area (Å²) in [6.45, 7) is 0.384. The Kier molecular flexibility index (Phi) is 4.81. The van der Waals surface area contributed by atoms with Gasteiger partial charge in [0.15, 0.2) is 5.76 Å². The summed E-state index contributed by atoms with van der Waals surface area (Å²) in [5.74, 6) is 1.50. The van der Waals surface area contributed by atoms with E-state index < -0.39 is 0 Å². The van der Waals surface area contributed by atoms with Gasteiger partial charge in [-0.2, -0.15) is 0 Å². The molecule has 1 aliphatic rings. The first-order chi connectivity index (χ1) is 13.6. The number of carbonyl (C=O) groups excluding carboxylic acids is 1. The molecule has 4 nitrogen and oxygen atoms in total. The molecule has 0 bridgehead atoms. The van der Waals surface area contributed by atoms with E-state index in [0.29, 0.717) is 29.2 Å². The third kappa shape index (κ3) is 3.74. The Balaban J connectivity index is 1.47. The normalized spacial score (nSPS) is 13.9. The topological polar surface area (TPSA) is 44.8 Å². The van der Waals surface area contributed by atoms with Crippen LogP contribution < -0.4 is 14.2 Å². The molecule has 4 rings (SSSR count). The fourth-order valence-electron chi connectivity index (χ4n) is 2.86. The smallest absolute Gasteiger partial charge is 0.231 e. The van der Waals surface area contributed by atoms with Crippen LogP contribution in [0.5, 0.6) is 17.2 Å². The zero-order chi connectivity index (χ0) is 19.5. The van der Waals surface area contributed by atoms with Crippen molar-refractivity contribution in [2.45, 2.75) is 6.61 Å². The second kappa shape index (κ2) is 7.56. The van der Waals surface area contributed by atoms with Gasteiger partial charge in [-0.1, -0.05) is 24.3 Å². The molecular weight excluding hydrogens is 359 g/mol. The van der Waals surface area contributed by atoms with Crippen molar-refractivity contribution < 1.29 is 23.4 Å². The SMILES string of the molecule is COc1ccc(COc2ccc3c(c2)OC(=Cc2ccc(F)cc2)C3=O)cc1. The van der Waals surface area contributed by atoms with Gasteiger partial charge in [-0.25, -0.2) is 4.39 Å². The zero-order valence-electron chi connectivity index (χ0n) is 15.1. The lowest BCUT2D eigenvalue weighted by atomic mass is 10.1. The van der Waals surface area contributed by atoms with Gasteiger partial charge in [0.25, 0.3) is 0 Å². The van der Waals surface area contributed by atoms with Crippen molar-refractivity contribution in [1.82, 2.24) is 0 Å². The van der Waals surface area contributed by atoms with Gasteiger partial charge in [0.2, 0.25) is 5.78 Å². The fraction of sp³-hybridized carbons (Fsp3) is 0.0870. The minimum Gasteiger partial charge on any atom is -0.497 e. The van der Waals surface area contributed by atoms with Gasteiger partial charge < -0.3 is 14.2 Å². The van der Waals surface area contributed by atoms with E-state index in [-0.39, 0.29) is 17.4 Å². The molecule has 0 N–H and O–H groups in total. The van der Waals surface area contributed by atoms with Gasteiger partial charge in [-0.05, 0) is 53.6 Å². The standard InChI is InChI=1S/C23H17FO4/c1-26-18-8-4-16(5-9-18)14-27-19-10-11-20-21(13-19)28-22(23(20)25)12-15-2-6-17(24)7-3-15/h2-13H,14H2,1H3. The monoisotopic (exact) mass is 376 g/mol. The number of rotatable bonds is 5. The summed E-state index contributed by atoms with van der Waals surface area (Å²) in [4.78, 5) is 12.5. The third-order valence-corrected chi connectivity index (χ3v) is 4.37. The highest BCUT2D eigenvalue weighted by Gasteiger charge is 2.27. The van der Waals surface area contributed by atoms with Crippen LogP contribution in [0.2, 0.25) is 0 Å². The van der Waals surface area contributed by atoms with Gasteiger partial charge in [-0.3, -0.25) is 4.79 Å². The molecule has 1 heterocycles. The van der Waals surface area contributed by atoms with Crippen molar-refractivity contribution in [3.8, 4) is 17.2 Å². The number of allylic oxidation sites excluding steroid dienone is 1. The number of methoxy groups -OCH3 is 1. The molecule has 0 saturated heterocycles. The molecule has 1 aliphatic heterocycles. The summed E-state index contributed by atoms with van der Waals surface area (Å²) in [7, 11) is 1.62. The highest BCUT2D eigenvalue weighted by Crippen LogP contribution is 2.35. The van der Waals surface area contributed by atoms with Crippen LogP contribution >= 0.6 is 0 Å². The molecule has 0 spiro atoms. The number of Topliss-reactive ketones (excluding diaryl/α,β-unsaturated/α-hetero) is 1. The van der Waals surface area contributed by atoms with Crippen LogP contribution in [0.25, 0.3) is 6.08 Å². The van der Waals surface area contributed by atoms with Gasteiger partial charge in [0.1, 0.15) is 29.7 Å². The van der Waals surface area contributed by atoms with E-state index in [9.17, 15) is 9.18 Å². The second-order valence-corrected chi connectivity index (χ2v) is 6.29. The summed E-state index contributed by atoms with van der Waals surface area (Å²) in [6.07, 6.45) is 1.60. The maximum Gasteiger partial charge on any atom is 0.231 e. The van der Waals surface area contributed by atoms with Crippen molar-refractivity contribution >= 4 is 11.9 Å². The lowest BCUT2D eigenvalue weighted by molar-refractivity contribution is 0.101. The molecule has 28 heavy (non-hydrogen) atoms. The predicted octanol–water partition coefficient (Wildman–Crippen LogP) is 5.03. The third-order valence-electron chi connectivity index (χ3n) is 4.37. The molecule has 3 aromatic carbocycles. The minimum atomic E-state index is -0.331.